The minimum absolute atomic E-state index is 0.0465. The summed E-state index contributed by atoms with van der Waals surface area (Å²) in [4.78, 5) is 0. The predicted molar refractivity (Wildman–Crippen MR) is 143 cm³/mol. The lowest BCUT2D eigenvalue weighted by Gasteiger charge is -2.16. The van der Waals surface area contributed by atoms with E-state index in [9.17, 15) is 5.11 Å². The molecule has 0 atom stereocenters. The first kappa shape index (κ1) is 25.8. The van der Waals surface area contributed by atoms with Crippen molar-refractivity contribution in [2.75, 3.05) is 20.3 Å². The zero-order chi connectivity index (χ0) is 25.9. The Morgan fingerprint density at radius 2 is 1.68 bits per heavy atom. The smallest absolute Gasteiger partial charge is 0.133 e. The van der Waals surface area contributed by atoms with Crippen molar-refractivity contribution >= 4 is 0 Å². The molecule has 0 radical (unpaired) electrons. The second kappa shape index (κ2) is 13.1. The third-order valence-electron chi connectivity index (χ3n) is 5.87. The summed E-state index contributed by atoms with van der Waals surface area (Å²) in [6, 6.07) is 31.4. The number of para-hydroxylation sites is 1. The molecule has 0 aliphatic carbocycles. The first-order valence-electron chi connectivity index (χ1n) is 12.1. The van der Waals surface area contributed by atoms with Gasteiger partial charge in [-0.1, -0.05) is 60.7 Å². The Labute approximate surface area is 217 Å². The Morgan fingerprint density at radius 3 is 2.46 bits per heavy atom. The van der Waals surface area contributed by atoms with Gasteiger partial charge in [-0.25, -0.2) is 0 Å². The van der Waals surface area contributed by atoms with Crippen molar-refractivity contribution in [3.8, 4) is 34.4 Å². The van der Waals surface area contributed by atoms with Gasteiger partial charge in [-0.05, 0) is 41.5 Å². The molecule has 0 unspecified atom stereocenters. The topological polar surface area (TPSA) is 83.7 Å². The van der Waals surface area contributed by atoms with Crippen molar-refractivity contribution in [1.82, 2.24) is 5.32 Å². The van der Waals surface area contributed by atoms with E-state index >= 15 is 0 Å². The Kier molecular flexibility index (Phi) is 9.14. The summed E-state index contributed by atoms with van der Waals surface area (Å²) in [5.41, 5.74) is 5.47. The van der Waals surface area contributed by atoms with Crippen LogP contribution in [-0.2, 0) is 19.8 Å². The van der Waals surface area contributed by atoms with Gasteiger partial charge < -0.3 is 24.6 Å². The molecule has 6 heteroatoms. The molecular weight excluding hydrogens is 464 g/mol. The average molecular weight is 495 g/mol. The predicted octanol–water partition coefficient (Wildman–Crippen LogP) is 5.47. The normalized spacial score (nSPS) is 10.5. The highest BCUT2D eigenvalue weighted by Gasteiger charge is 2.13. The van der Waals surface area contributed by atoms with Gasteiger partial charge >= 0.3 is 0 Å². The van der Waals surface area contributed by atoms with Gasteiger partial charge in [-0.3, -0.25) is 0 Å². The van der Waals surface area contributed by atoms with Gasteiger partial charge in [0.05, 0.1) is 25.3 Å². The van der Waals surface area contributed by atoms with Crippen molar-refractivity contribution in [1.29, 1.82) is 5.26 Å². The van der Waals surface area contributed by atoms with E-state index in [0.717, 1.165) is 33.6 Å². The highest BCUT2D eigenvalue weighted by molar-refractivity contribution is 5.72. The van der Waals surface area contributed by atoms with Gasteiger partial charge in [0.2, 0.25) is 0 Å². The molecule has 6 nitrogen and oxygen atoms in total. The summed E-state index contributed by atoms with van der Waals surface area (Å²) in [7, 11) is 1.68. The molecule has 0 heterocycles. The van der Waals surface area contributed by atoms with Crippen molar-refractivity contribution in [2.45, 2.75) is 19.8 Å². The average Bonchev–Trinajstić information content (AvgIpc) is 2.96. The molecule has 0 aliphatic rings. The van der Waals surface area contributed by atoms with Crippen LogP contribution in [0.25, 0.3) is 11.1 Å². The Bertz CT molecular complexity index is 1350. The number of rotatable bonds is 12. The lowest BCUT2D eigenvalue weighted by molar-refractivity contribution is 0.284. The number of nitrogens with one attached hydrogen (secondary N) is 1. The molecule has 0 aromatic heterocycles. The molecule has 0 aliphatic heterocycles. The number of nitriles is 1. The number of aliphatic hydroxyl groups is 1. The van der Waals surface area contributed by atoms with Crippen LogP contribution in [0.2, 0.25) is 0 Å². The molecule has 4 aromatic carbocycles. The van der Waals surface area contributed by atoms with Crippen LogP contribution in [0.1, 0.15) is 22.3 Å². The number of methoxy groups -OCH3 is 1. The van der Waals surface area contributed by atoms with Gasteiger partial charge in [-0.15, -0.1) is 0 Å². The second-order valence-corrected chi connectivity index (χ2v) is 8.42. The molecule has 0 fully saturated rings. The molecule has 4 aromatic rings. The first-order valence-corrected chi connectivity index (χ1v) is 12.1. The van der Waals surface area contributed by atoms with E-state index < -0.39 is 0 Å². The summed E-state index contributed by atoms with van der Waals surface area (Å²) in [5.74, 6) is 2.20. The lowest BCUT2D eigenvalue weighted by atomic mass is 10.0. The van der Waals surface area contributed by atoms with E-state index in [2.05, 4.69) is 23.5 Å². The minimum atomic E-state index is 0.0465. The minimum Gasteiger partial charge on any atom is -0.496 e. The van der Waals surface area contributed by atoms with Crippen LogP contribution in [0.5, 0.6) is 17.2 Å². The third kappa shape index (κ3) is 6.89. The zero-order valence-electron chi connectivity index (χ0n) is 20.8. The monoisotopic (exact) mass is 494 g/mol. The Balaban J connectivity index is 1.51. The van der Waals surface area contributed by atoms with E-state index in [1.807, 2.05) is 72.8 Å². The maximum absolute atomic E-state index is 9.18. The van der Waals surface area contributed by atoms with Crippen molar-refractivity contribution < 1.29 is 19.3 Å². The van der Waals surface area contributed by atoms with Crippen LogP contribution in [0.15, 0.2) is 91.0 Å². The van der Waals surface area contributed by atoms with Gasteiger partial charge in [0.25, 0.3) is 0 Å². The summed E-state index contributed by atoms with van der Waals surface area (Å²) in [5, 5.41) is 21.5. The van der Waals surface area contributed by atoms with Crippen LogP contribution in [-0.4, -0.2) is 25.4 Å². The van der Waals surface area contributed by atoms with Crippen LogP contribution < -0.4 is 19.5 Å². The Hall–Kier alpha value is -4.31. The fourth-order valence-electron chi connectivity index (χ4n) is 4.06. The second-order valence-electron chi connectivity index (χ2n) is 8.42. The summed E-state index contributed by atoms with van der Waals surface area (Å²) in [6.45, 7) is 1.71. The molecule has 2 N–H and O–H groups in total. The van der Waals surface area contributed by atoms with Gasteiger partial charge in [-0.2, -0.15) is 5.26 Å². The van der Waals surface area contributed by atoms with Crippen LogP contribution in [0.4, 0.5) is 0 Å². The SMILES string of the molecule is COc1c(COc2ccc(OCc3cccc(C#N)c3)c(CNCCO)c2)cccc1-c1ccccc1. The molecule has 188 valence electrons. The number of hydrogen-bond donors (Lipinski definition) is 2. The highest BCUT2D eigenvalue weighted by Crippen LogP contribution is 2.34. The molecule has 4 rings (SSSR count). The fraction of sp³-hybridized carbons (Fsp3) is 0.194. The van der Waals surface area contributed by atoms with Gasteiger partial charge in [0.15, 0.2) is 0 Å². The van der Waals surface area contributed by atoms with Crippen LogP contribution >= 0.6 is 0 Å². The number of ether oxygens (including phenoxy) is 3. The molecule has 0 saturated heterocycles. The largest absolute Gasteiger partial charge is 0.496 e. The van der Waals surface area contributed by atoms with Gasteiger partial charge in [0, 0.05) is 29.8 Å². The van der Waals surface area contributed by atoms with Gasteiger partial charge in [0.1, 0.15) is 30.5 Å². The standard InChI is InChI=1S/C31H30N2O4/c1-35-31-26(11-6-12-29(31)25-9-3-2-4-10-25)22-36-28-13-14-30(27(18-28)20-33-15-16-34)37-21-24-8-5-7-23(17-24)19-32/h2-14,17-18,33-34H,15-16,20-22H2,1H3. The van der Waals surface area contributed by atoms with E-state index in [1.165, 1.54) is 0 Å². The molecule has 0 amide bonds. The number of aliphatic hydroxyl groups excluding tert-OH is 1. The van der Waals surface area contributed by atoms with Crippen molar-refractivity contribution in [3.05, 3.63) is 113 Å². The van der Waals surface area contributed by atoms with E-state index in [-0.39, 0.29) is 6.61 Å². The van der Waals surface area contributed by atoms with E-state index in [1.54, 1.807) is 13.2 Å². The number of hydrogen-bond acceptors (Lipinski definition) is 6. The summed E-state index contributed by atoms with van der Waals surface area (Å²) >= 11 is 0. The molecule has 0 bridgehead atoms. The molecule has 0 saturated carbocycles. The highest BCUT2D eigenvalue weighted by atomic mass is 16.5. The van der Waals surface area contributed by atoms with Crippen molar-refractivity contribution in [2.24, 2.45) is 0 Å². The summed E-state index contributed by atoms with van der Waals surface area (Å²) in [6.07, 6.45) is 0. The Morgan fingerprint density at radius 1 is 0.838 bits per heavy atom. The van der Waals surface area contributed by atoms with Crippen LogP contribution in [0.3, 0.4) is 0 Å². The number of benzene rings is 4. The maximum Gasteiger partial charge on any atom is 0.133 e. The molecular formula is C31H30N2O4. The van der Waals surface area contributed by atoms with E-state index in [4.69, 9.17) is 19.5 Å². The van der Waals surface area contributed by atoms with E-state index in [0.29, 0.717) is 43.4 Å². The molecule has 37 heavy (non-hydrogen) atoms. The quantitative estimate of drug-likeness (QED) is 0.254. The lowest BCUT2D eigenvalue weighted by Crippen LogP contribution is -2.18. The van der Waals surface area contributed by atoms with Crippen LogP contribution in [0, 0.1) is 11.3 Å². The van der Waals surface area contributed by atoms with Crippen molar-refractivity contribution in [3.63, 3.8) is 0 Å². The first-order chi connectivity index (χ1) is 18.2. The maximum atomic E-state index is 9.18. The summed E-state index contributed by atoms with van der Waals surface area (Å²) < 4.78 is 18.0. The molecule has 0 spiro atoms. The fourth-order valence-corrected chi connectivity index (χ4v) is 4.06. The third-order valence-corrected chi connectivity index (χ3v) is 5.87. The zero-order valence-corrected chi connectivity index (χ0v) is 20.8. The number of nitrogens with zero attached hydrogens (tertiary/aromatic N) is 1.